The maximum Gasteiger partial charge on any atom is 0.414 e. The number of carbonyl (C=O) groups is 2. The van der Waals surface area contributed by atoms with Gasteiger partial charge in [-0.3, -0.25) is 10.3 Å². The van der Waals surface area contributed by atoms with E-state index >= 15 is 0 Å². The fourth-order valence-corrected chi connectivity index (χ4v) is 3.94. The molecule has 2 aromatic carbocycles. The number of nitrogens with one attached hydrogen (secondary N) is 1. The Balaban J connectivity index is 1.37. The molecule has 0 atom stereocenters. The Bertz CT molecular complexity index is 1250. The standard InChI is InChI=1S/C23H16N2O5/c26-22(27)19-20-18(10-5-11-24-20)30-21(19)25-23(28)29-12-17-15-8-3-1-6-13(15)14-7-2-4-9-16(14)17/h1-11,17H,12H2,(H,25,28)(H,26,27). The molecule has 2 heterocycles. The lowest BCUT2D eigenvalue weighted by Crippen LogP contribution is -2.18. The van der Waals surface area contributed by atoms with Crippen molar-refractivity contribution in [3.8, 4) is 11.1 Å². The number of rotatable bonds is 4. The topological polar surface area (TPSA) is 102 Å². The second kappa shape index (κ2) is 7.04. The van der Waals surface area contributed by atoms with Crippen LogP contribution in [0, 0.1) is 0 Å². The zero-order valence-corrected chi connectivity index (χ0v) is 15.7. The quantitative estimate of drug-likeness (QED) is 0.506. The van der Waals surface area contributed by atoms with Gasteiger partial charge in [-0.15, -0.1) is 0 Å². The number of ether oxygens (including phenoxy) is 1. The van der Waals surface area contributed by atoms with Gasteiger partial charge in [-0.25, -0.2) is 9.59 Å². The molecule has 1 aliphatic carbocycles. The van der Waals surface area contributed by atoms with Crippen LogP contribution in [0.5, 0.6) is 0 Å². The second-order valence-corrected chi connectivity index (χ2v) is 6.91. The first-order chi connectivity index (χ1) is 14.6. The smallest absolute Gasteiger partial charge is 0.414 e. The molecule has 0 bridgehead atoms. The molecule has 148 valence electrons. The first-order valence-corrected chi connectivity index (χ1v) is 9.36. The van der Waals surface area contributed by atoms with Gasteiger partial charge in [0.25, 0.3) is 0 Å². The summed E-state index contributed by atoms with van der Waals surface area (Å²) >= 11 is 0. The molecule has 0 fully saturated rings. The van der Waals surface area contributed by atoms with E-state index < -0.39 is 12.1 Å². The molecule has 0 aliphatic heterocycles. The van der Waals surface area contributed by atoms with Gasteiger partial charge in [0.1, 0.15) is 17.7 Å². The molecular formula is C23H16N2O5. The monoisotopic (exact) mass is 400 g/mol. The maximum absolute atomic E-state index is 12.4. The highest BCUT2D eigenvalue weighted by molar-refractivity contribution is 6.07. The van der Waals surface area contributed by atoms with Crippen LogP contribution in [0.1, 0.15) is 27.4 Å². The van der Waals surface area contributed by atoms with Crippen LogP contribution in [-0.2, 0) is 4.74 Å². The summed E-state index contributed by atoms with van der Waals surface area (Å²) in [6.07, 6.45) is 0.667. The fraction of sp³-hybridized carbons (Fsp3) is 0.0870. The Morgan fingerprint density at radius 1 is 1.00 bits per heavy atom. The van der Waals surface area contributed by atoms with E-state index in [0.717, 1.165) is 22.3 Å². The highest BCUT2D eigenvalue weighted by Gasteiger charge is 2.29. The van der Waals surface area contributed by atoms with E-state index in [1.807, 2.05) is 36.4 Å². The summed E-state index contributed by atoms with van der Waals surface area (Å²) < 4.78 is 10.9. The molecule has 2 N–H and O–H groups in total. The average molecular weight is 400 g/mol. The van der Waals surface area contributed by atoms with Crippen LogP contribution in [0.15, 0.2) is 71.3 Å². The molecule has 1 amide bonds. The summed E-state index contributed by atoms with van der Waals surface area (Å²) in [6.45, 7) is 0.112. The highest BCUT2D eigenvalue weighted by Crippen LogP contribution is 2.44. The van der Waals surface area contributed by atoms with E-state index in [2.05, 4.69) is 22.4 Å². The number of furan rings is 1. The van der Waals surface area contributed by atoms with Crippen molar-refractivity contribution in [2.24, 2.45) is 0 Å². The number of nitrogens with zero attached hydrogens (tertiary/aromatic N) is 1. The van der Waals surface area contributed by atoms with Gasteiger partial charge >= 0.3 is 12.1 Å². The summed E-state index contributed by atoms with van der Waals surface area (Å²) in [5.41, 5.74) is 4.65. The number of pyridine rings is 1. The Hall–Kier alpha value is -4.13. The third-order valence-corrected chi connectivity index (χ3v) is 5.22. The largest absolute Gasteiger partial charge is 0.477 e. The molecule has 0 radical (unpaired) electrons. The van der Waals surface area contributed by atoms with Crippen molar-refractivity contribution in [2.45, 2.75) is 5.92 Å². The third kappa shape index (κ3) is 2.88. The Morgan fingerprint density at radius 2 is 1.67 bits per heavy atom. The molecule has 0 spiro atoms. The molecule has 5 rings (SSSR count). The lowest BCUT2D eigenvalue weighted by molar-refractivity contribution is 0.0699. The lowest BCUT2D eigenvalue weighted by Gasteiger charge is -2.14. The molecule has 1 aliphatic rings. The SMILES string of the molecule is O=C(Nc1oc2cccnc2c1C(=O)O)OCC1c2ccccc2-c2ccccc21. The van der Waals surface area contributed by atoms with E-state index in [0.29, 0.717) is 0 Å². The van der Waals surface area contributed by atoms with E-state index in [1.54, 1.807) is 12.1 Å². The van der Waals surface area contributed by atoms with Crippen LogP contribution in [0.3, 0.4) is 0 Å². The van der Waals surface area contributed by atoms with Gasteiger partial charge in [0.2, 0.25) is 5.88 Å². The van der Waals surface area contributed by atoms with E-state index in [9.17, 15) is 14.7 Å². The number of hydrogen-bond acceptors (Lipinski definition) is 5. The molecule has 0 saturated carbocycles. The number of hydrogen-bond donors (Lipinski definition) is 2. The fourth-order valence-electron chi connectivity index (χ4n) is 3.94. The zero-order valence-electron chi connectivity index (χ0n) is 15.7. The molecule has 0 unspecified atom stereocenters. The zero-order chi connectivity index (χ0) is 20.7. The first kappa shape index (κ1) is 17.9. The Labute approximate surface area is 170 Å². The van der Waals surface area contributed by atoms with Gasteiger partial charge in [-0.1, -0.05) is 48.5 Å². The van der Waals surface area contributed by atoms with Crippen molar-refractivity contribution >= 4 is 29.0 Å². The number of carboxylic acid groups (broad SMARTS) is 1. The van der Waals surface area contributed by atoms with E-state index in [4.69, 9.17) is 9.15 Å². The number of aromatic nitrogens is 1. The molecule has 4 aromatic rings. The van der Waals surface area contributed by atoms with Crippen molar-refractivity contribution in [2.75, 3.05) is 11.9 Å². The summed E-state index contributed by atoms with van der Waals surface area (Å²) in [7, 11) is 0. The average Bonchev–Trinajstić information content (AvgIpc) is 3.27. The summed E-state index contributed by atoms with van der Waals surface area (Å²) in [4.78, 5) is 28.1. The Kier molecular flexibility index (Phi) is 4.21. The number of anilines is 1. The number of benzene rings is 2. The maximum atomic E-state index is 12.4. The van der Waals surface area contributed by atoms with Gasteiger partial charge in [0.15, 0.2) is 5.58 Å². The second-order valence-electron chi connectivity index (χ2n) is 6.91. The van der Waals surface area contributed by atoms with Crippen molar-refractivity contribution in [3.05, 3.63) is 83.6 Å². The first-order valence-electron chi connectivity index (χ1n) is 9.36. The van der Waals surface area contributed by atoms with Crippen LogP contribution < -0.4 is 5.32 Å². The number of fused-ring (bicyclic) bond motifs is 4. The van der Waals surface area contributed by atoms with Crippen molar-refractivity contribution in [1.29, 1.82) is 0 Å². The highest BCUT2D eigenvalue weighted by atomic mass is 16.6. The van der Waals surface area contributed by atoms with Crippen molar-refractivity contribution < 1.29 is 23.8 Å². The molecule has 7 nitrogen and oxygen atoms in total. The van der Waals surface area contributed by atoms with Gasteiger partial charge in [0.05, 0.1) is 0 Å². The predicted molar refractivity (Wildman–Crippen MR) is 110 cm³/mol. The van der Waals surface area contributed by atoms with E-state index in [-0.39, 0.29) is 35.1 Å². The minimum atomic E-state index is -1.25. The molecule has 7 heteroatoms. The molecule has 2 aromatic heterocycles. The minimum Gasteiger partial charge on any atom is -0.477 e. The molecule has 30 heavy (non-hydrogen) atoms. The van der Waals surface area contributed by atoms with E-state index in [1.165, 1.54) is 6.20 Å². The molecule has 0 saturated heterocycles. The van der Waals surface area contributed by atoms with Crippen molar-refractivity contribution in [3.63, 3.8) is 0 Å². The van der Waals surface area contributed by atoms with Crippen LogP contribution in [0.25, 0.3) is 22.2 Å². The summed E-state index contributed by atoms with van der Waals surface area (Å²) in [5.74, 6) is -1.55. The number of carboxylic acids is 1. The van der Waals surface area contributed by atoms with Crippen LogP contribution in [0.2, 0.25) is 0 Å². The number of aromatic carboxylic acids is 1. The lowest BCUT2D eigenvalue weighted by atomic mass is 9.98. The Morgan fingerprint density at radius 3 is 2.33 bits per heavy atom. The summed E-state index contributed by atoms with van der Waals surface area (Å²) in [6, 6.07) is 19.2. The minimum absolute atomic E-state index is 0.0977. The van der Waals surface area contributed by atoms with Crippen LogP contribution >= 0.6 is 0 Å². The van der Waals surface area contributed by atoms with Crippen LogP contribution in [0.4, 0.5) is 10.7 Å². The van der Waals surface area contributed by atoms with Crippen molar-refractivity contribution in [1.82, 2.24) is 4.98 Å². The third-order valence-electron chi connectivity index (χ3n) is 5.22. The molecular weight excluding hydrogens is 384 g/mol. The van der Waals surface area contributed by atoms with Gasteiger partial charge < -0.3 is 14.3 Å². The van der Waals surface area contributed by atoms with Crippen LogP contribution in [-0.4, -0.2) is 28.8 Å². The number of carbonyl (C=O) groups excluding carboxylic acids is 1. The van der Waals surface area contributed by atoms with Gasteiger partial charge in [-0.05, 0) is 34.4 Å². The summed E-state index contributed by atoms with van der Waals surface area (Å²) in [5, 5.41) is 11.9. The predicted octanol–water partition coefficient (Wildman–Crippen LogP) is 4.89. The van der Waals surface area contributed by atoms with Gasteiger partial charge in [-0.2, -0.15) is 0 Å². The normalized spacial score (nSPS) is 12.4. The number of amides is 1. The van der Waals surface area contributed by atoms with Gasteiger partial charge in [0, 0.05) is 12.1 Å².